The number of rotatable bonds is 2. The SMILES string of the molecule is CC1(C)c2ccccc2-c2c1ccc1c(-c3c4ccccc4c(-c4ccc5oc6ccccc6c5c4)c4ccccc34)cccc21. The van der Waals surface area contributed by atoms with Crippen molar-refractivity contribution in [3.8, 4) is 33.4 Å². The monoisotopic (exact) mass is 586 g/mol. The van der Waals surface area contributed by atoms with Gasteiger partial charge in [0.05, 0.1) is 0 Å². The maximum absolute atomic E-state index is 6.20. The second-order valence-corrected chi connectivity index (χ2v) is 13.2. The number of hydrogen-bond acceptors (Lipinski definition) is 1. The third-order valence-electron chi connectivity index (χ3n) is 10.5. The number of hydrogen-bond donors (Lipinski definition) is 0. The van der Waals surface area contributed by atoms with E-state index < -0.39 is 0 Å². The Morgan fingerprint density at radius 2 is 0.935 bits per heavy atom. The molecule has 1 aliphatic rings. The zero-order chi connectivity index (χ0) is 30.6. The first-order valence-corrected chi connectivity index (χ1v) is 16.1. The minimum Gasteiger partial charge on any atom is -0.456 e. The van der Waals surface area contributed by atoms with Gasteiger partial charge in [0, 0.05) is 16.2 Å². The highest BCUT2D eigenvalue weighted by molar-refractivity contribution is 6.24. The van der Waals surface area contributed by atoms with Gasteiger partial charge >= 0.3 is 0 Å². The number of para-hydroxylation sites is 1. The number of furan rings is 1. The smallest absolute Gasteiger partial charge is 0.135 e. The Kier molecular flexibility index (Phi) is 5.12. The predicted molar refractivity (Wildman–Crippen MR) is 195 cm³/mol. The van der Waals surface area contributed by atoms with E-state index in [0.717, 1.165) is 21.9 Å². The van der Waals surface area contributed by atoms with Crippen LogP contribution in [0.4, 0.5) is 0 Å². The Bertz CT molecular complexity index is 2660. The molecule has 216 valence electrons. The molecule has 0 saturated heterocycles. The fourth-order valence-electron chi connectivity index (χ4n) is 8.39. The van der Waals surface area contributed by atoms with Gasteiger partial charge in [-0.15, -0.1) is 0 Å². The van der Waals surface area contributed by atoms with Gasteiger partial charge in [0.1, 0.15) is 11.2 Å². The van der Waals surface area contributed by atoms with Crippen LogP contribution in [0.1, 0.15) is 25.0 Å². The molecular weight excluding hydrogens is 556 g/mol. The number of fused-ring (bicyclic) bond motifs is 10. The van der Waals surface area contributed by atoms with Gasteiger partial charge in [0.15, 0.2) is 0 Å². The van der Waals surface area contributed by atoms with Gasteiger partial charge < -0.3 is 4.42 Å². The molecule has 1 aliphatic carbocycles. The molecule has 0 unspecified atom stereocenters. The highest BCUT2D eigenvalue weighted by Gasteiger charge is 2.36. The van der Waals surface area contributed by atoms with Crippen LogP contribution in [-0.2, 0) is 5.41 Å². The first-order chi connectivity index (χ1) is 22.6. The Morgan fingerprint density at radius 3 is 1.70 bits per heavy atom. The van der Waals surface area contributed by atoms with Crippen LogP contribution in [0.2, 0.25) is 0 Å². The van der Waals surface area contributed by atoms with Crippen LogP contribution >= 0.6 is 0 Å². The van der Waals surface area contributed by atoms with Crippen LogP contribution in [-0.4, -0.2) is 0 Å². The van der Waals surface area contributed by atoms with E-state index >= 15 is 0 Å². The Morgan fingerprint density at radius 1 is 0.370 bits per heavy atom. The van der Waals surface area contributed by atoms with Gasteiger partial charge in [-0.3, -0.25) is 0 Å². The van der Waals surface area contributed by atoms with Crippen LogP contribution in [0.25, 0.3) is 87.6 Å². The molecule has 0 spiro atoms. The summed E-state index contributed by atoms with van der Waals surface area (Å²) in [6.07, 6.45) is 0. The third kappa shape index (κ3) is 3.35. The molecule has 0 amide bonds. The van der Waals surface area contributed by atoms with Gasteiger partial charge in [-0.2, -0.15) is 0 Å². The van der Waals surface area contributed by atoms with Gasteiger partial charge in [0.2, 0.25) is 0 Å². The zero-order valence-electron chi connectivity index (χ0n) is 25.8. The lowest BCUT2D eigenvalue weighted by Crippen LogP contribution is -2.14. The van der Waals surface area contributed by atoms with E-state index in [4.69, 9.17) is 4.42 Å². The zero-order valence-corrected chi connectivity index (χ0v) is 25.8. The second-order valence-electron chi connectivity index (χ2n) is 13.2. The van der Waals surface area contributed by atoms with Crippen LogP contribution in [0.3, 0.4) is 0 Å². The van der Waals surface area contributed by atoms with E-state index in [-0.39, 0.29) is 5.41 Å². The van der Waals surface area contributed by atoms with E-state index in [9.17, 15) is 0 Å². The second kappa shape index (κ2) is 9.19. The summed E-state index contributed by atoms with van der Waals surface area (Å²) in [5.74, 6) is 0. The van der Waals surface area contributed by atoms with Crippen molar-refractivity contribution in [1.82, 2.24) is 0 Å². The summed E-state index contributed by atoms with van der Waals surface area (Å²) >= 11 is 0. The Labute approximate surface area is 267 Å². The van der Waals surface area contributed by atoms with Crippen LogP contribution in [0.15, 0.2) is 150 Å². The van der Waals surface area contributed by atoms with Crippen LogP contribution in [0, 0.1) is 0 Å². The summed E-state index contributed by atoms with van der Waals surface area (Å²) in [5.41, 5.74) is 12.4. The lowest BCUT2D eigenvalue weighted by atomic mass is 9.81. The first kappa shape index (κ1) is 25.6. The van der Waals surface area contributed by atoms with Crippen molar-refractivity contribution in [3.63, 3.8) is 0 Å². The van der Waals surface area contributed by atoms with Crippen molar-refractivity contribution in [2.24, 2.45) is 0 Å². The average molecular weight is 587 g/mol. The molecule has 9 aromatic rings. The fourth-order valence-corrected chi connectivity index (χ4v) is 8.39. The van der Waals surface area contributed by atoms with Crippen molar-refractivity contribution >= 4 is 54.3 Å². The van der Waals surface area contributed by atoms with E-state index in [1.165, 1.54) is 76.8 Å². The molecule has 0 bridgehead atoms. The molecule has 8 aromatic carbocycles. The summed E-state index contributed by atoms with van der Waals surface area (Å²) in [7, 11) is 0. The van der Waals surface area contributed by atoms with Crippen molar-refractivity contribution < 1.29 is 4.42 Å². The quantitative estimate of drug-likeness (QED) is 0.184. The van der Waals surface area contributed by atoms with Crippen LogP contribution in [0.5, 0.6) is 0 Å². The van der Waals surface area contributed by atoms with E-state index in [2.05, 4.69) is 147 Å². The van der Waals surface area contributed by atoms with Gasteiger partial charge in [-0.25, -0.2) is 0 Å². The van der Waals surface area contributed by atoms with Crippen molar-refractivity contribution in [1.29, 1.82) is 0 Å². The third-order valence-corrected chi connectivity index (χ3v) is 10.5. The summed E-state index contributed by atoms with van der Waals surface area (Å²) in [6, 6.07) is 53.5. The Hall–Kier alpha value is -5.66. The van der Waals surface area contributed by atoms with Crippen molar-refractivity contribution in [2.45, 2.75) is 19.3 Å². The maximum Gasteiger partial charge on any atom is 0.135 e. The standard InChI is InChI=1S/C45H30O/c1-45(2)38-20-9-7-17-36(38)44-31-19-11-18-30(28(31)23-24-39(44)45)43-34-15-5-3-13-32(34)42(33-14-4-6-16-35(33)43)27-22-25-41-37(26-27)29-12-8-10-21-40(29)46-41/h3-26H,1-2H3. The largest absolute Gasteiger partial charge is 0.456 e. The summed E-state index contributed by atoms with van der Waals surface area (Å²) in [6.45, 7) is 4.72. The van der Waals surface area contributed by atoms with Gasteiger partial charge in [-0.1, -0.05) is 141 Å². The highest BCUT2D eigenvalue weighted by atomic mass is 16.3. The molecule has 0 radical (unpaired) electrons. The molecule has 0 aliphatic heterocycles. The molecule has 0 atom stereocenters. The van der Waals surface area contributed by atoms with Crippen molar-refractivity contribution in [2.75, 3.05) is 0 Å². The van der Waals surface area contributed by atoms with Crippen molar-refractivity contribution in [3.05, 3.63) is 157 Å². The topological polar surface area (TPSA) is 13.1 Å². The molecule has 1 heterocycles. The lowest BCUT2D eigenvalue weighted by Gasteiger charge is -2.22. The average Bonchev–Trinajstić information content (AvgIpc) is 3.58. The minimum atomic E-state index is -0.0292. The summed E-state index contributed by atoms with van der Waals surface area (Å²) in [5, 5.41) is 9.96. The van der Waals surface area contributed by atoms with Gasteiger partial charge in [0.25, 0.3) is 0 Å². The minimum absolute atomic E-state index is 0.0292. The van der Waals surface area contributed by atoms with E-state index in [1.54, 1.807) is 0 Å². The molecule has 10 rings (SSSR count). The molecule has 1 heteroatoms. The molecule has 1 nitrogen and oxygen atoms in total. The van der Waals surface area contributed by atoms with Gasteiger partial charge in [-0.05, 0) is 95.0 Å². The molecule has 1 aromatic heterocycles. The van der Waals surface area contributed by atoms with E-state index in [1.807, 2.05) is 12.1 Å². The molecule has 0 saturated carbocycles. The molecule has 46 heavy (non-hydrogen) atoms. The normalized spacial score (nSPS) is 13.6. The summed E-state index contributed by atoms with van der Waals surface area (Å²) < 4.78 is 6.20. The molecular formula is C45H30O. The fraction of sp³-hybridized carbons (Fsp3) is 0.0667. The Balaban J connectivity index is 1.30. The maximum atomic E-state index is 6.20. The lowest BCUT2D eigenvalue weighted by molar-refractivity contribution is 0.661. The summed E-state index contributed by atoms with van der Waals surface area (Å²) in [4.78, 5) is 0. The van der Waals surface area contributed by atoms with Crippen LogP contribution < -0.4 is 0 Å². The predicted octanol–water partition coefficient (Wildman–Crippen LogP) is 12.7. The number of benzene rings is 8. The first-order valence-electron chi connectivity index (χ1n) is 16.1. The highest BCUT2D eigenvalue weighted by Crippen LogP contribution is 2.53. The molecule has 0 N–H and O–H groups in total. The molecule has 0 fully saturated rings. The van der Waals surface area contributed by atoms with E-state index in [0.29, 0.717) is 0 Å².